The van der Waals surface area contributed by atoms with Crippen molar-refractivity contribution in [3.05, 3.63) is 23.8 Å². The summed E-state index contributed by atoms with van der Waals surface area (Å²) in [5.74, 6) is 1.37. The normalized spacial score (nSPS) is 13.4. The van der Waals surface area contributed by atoms with Gasteiger partial charge in [0.05, 0.1) is 12.0 Å². The summed E-state index contributed by atoms with van der Waals surface area (Å²) in [5, 5.41) is 2.85. The first kappa shape index (κ1) is 13.7. The van der Waals surface area contributed by atoms with Gasteiger partial charge in [-0.3, -0.25) is 4.79 Å². The largest absolute Gasteiger partial charge is 0.454 e. The second-order valence-electron chi connectivity index (χ2n) is 4.94. The molecule has 19 heavy (non-hydrogen) atoms. The summed E-state index contributed by atoms with van der Waals surface area (Å²) in [6.07, 6.45) is 0. The number of nitrogens with one attached hydrogen (secondary N) is 1. The van der Waals surface area contributed by atoms with E-state index in [-0.39, 0.29) is 12.7 Å². The lowest BCUT2D eigenvalue weighted by Gasteiger charge is -2.24. The topological polar surface area (TPSA) is 56.8 Å². The van der Waals surface area contributed by atoms with Gasteiger partial charge in [0.1, 0.15) is 0 Å². The second kappa shape index (κ2) is 5.48. The van der Waals surface area contributed by atoms with E-state index in [1.807, 2.05) is 32.0 Å². The fourth-order valence-corrected chi connectivity index (χ4v) is 1.90. The van der Waals surface area contributed by atoms with Crippen LogP contribution < -0.4 is 14.8 Å². The van der Waals surface area contributed by atoms with E-state index in [1.54, 1.807) is 7.11 Å². The predicted molar refractivity (Wildman–Crippen MR) is 70.5 cm³/mol. The highest BCUT2D eigenvalue weighted by Gasteiger charge is 2.31. The van der Waals surface area contributed by atoms with Crippen molar-refractivity contribution in [2.24, 2.45) is 0 Å². The smallest absolute Gasteiger partial charge is 0.231 e. The van der Waals surface area contributed by atoms with Crippen molar-refractivity contribution in [2.45, 2.75) is 19.3 Å². The van der Waals surface area contributed by atoms with Crippen LogP contribution in [-0.2, 0) is 14.9 Å². The third-order valence-corrected chi connectivity index (χ3v) is 3.25. The van der Waals surface area contributed by atoms with Crippen molar-refractivity contribution in [1.82, 2.24) is 5.32 Å². The van der Waals surface area contributed by atoms with Crippen molar-refractivity contribution < 1.29 is 19.0 Å². The monoisotopic (exact) mass is 265 g/mol. The van der Waals surface area contributed by atoms with E-state index in [0.29, 0.717) is 18.9 Å². The summed E-state index contributed by atoms with van der Waals surface area (Å²) in [4.78, 5) is 12.2. The van der Waals surface area contributed by atoms with E-state index in [4.69, 9.17) is 14.2 Å². The van der Waals surface area contributed by atoms with Gasteiger partial charge < -0.3 is 19.5 Å². The van der Waals surface area contributed by atoms with E-state index < -0.39 is 5.41 Å². The van der Waals surface area contributed by atoms with Crippen molar-refractivity contribution in [2.75, 3.05) is 27.1 Å². The number of hydrogen-bond acceptors (Lipinski definition) is 4. The van der Waals surface area contributed by atoms with Gasteiger partial charge in [-0.15, -0.1) is 0 Å². The van der Waals surface area contributed by atoms with Crippen LogP contribution in [0.3, 0.4) is 0 Å². The number of fused-ring (bicyclic) bond motifs is 1. The molecule has 2 rings (SSSR count). The van der Waals surface area contributed by atoms with Crippen LogP contribution in [0.4, 0.5) is 0 Å². The summed E-state index contributed by atoms with van der Waals surface area (Å²) in [6, 6.07) is 5.59. The first-order valence-corrected chi connectivity index (χ1v) is 6.23. The number of carbonyl (C=O) groups excluding carboxylic acids is 1. The predicted octanol–water partition coefficient (Wildman–Crippen LogP) is 1.46. The molecule has 1 heterocycles. The molecule has 1 aromatic carbocycles. The van der Waals surface area contributed by atoms with Gasteiger partial charge in [0.25, 0.3) is 0 Å². The Morgan fingerprint density at radius 1 is 1.37 bits per heavy atom. The molecule has 0 unspecified atom stereocenters. The Hall–Kier alpha value is -1.75. The van der Waals surface area contributed by atoms with E-state index in [0.717, 1.165) is 11.3 Å². The minimum Gasteiger partial charge on any atom is -0.454 e. The van der Waals surface area contributed by atoms with Crippen molar-refractivity contribution in [3.8, 4) is 11.5 Å². The zero-order valence-corrected chi connectivity index (χ0v) is 11.5. The summed E-state index contributed by atoms with van der Waals surface area (Å²) in [7, 11) is 1.61. The van der Waals surface area contributed by atoms with E-state index >= 15 is 0 Å². The lowest BCUT2D eigenvalue weighted by atomic mass is 9.83. The number of ether oxygens (including phenoxy) is 3. The van der Waals surface area contributed by atoms with Gasteiger partial charge in [-0.25, -0.2) is 0 Å². The van der Waals surface area contributed by atoms with Gasteiger partial charge in [0.15, 0.2) is 11.5 Å². The molecule has 1 aliphatic heterocycles. The summed E-state index contributed by atoms with van der Waals surface area (Å²) >= 11 is 0. The highest BCUT2D eigenvalue weighted by Crippen LogP contribution is 2.36. The molecule has 1 aromatic rings. The fraction of sp³-hybridized carbons (Fsp3) is 0.500. The third-order valence-electron chi connectivity index (χ3n) is 3.25. The van der Waals surface area contributed by atoms with Gasteiger partial charge >= 0.3 is 0 Å². The molecular formula is C14H19NO4. The Labute approximate surface area is 112 Å². The molecule has 1 N–H and O–H groups in total. The Kier molecular flexibility index (Phi) is 3.95. The number of methoxy groups -OCH3 is 1. The number of carbonyl (C=O) groups is 1. The summed E-state index contributed by atoms with van der Waals surface area (Å²) in [6.45, 7) is 5.00. The van der Waals surface area contributed by atoms with Crippen molar-refractivity contribution >= 4 is 5.91 Å². The fourth-order valence-electron chi connectivity index (χ4n) is 1.90. The summed E-state index contributed by atoms with van der Waals surface area (Å²) in [5.41, 5.74) is 0.265. The zero-order chi connectivity index (χ0) is 13.9. The van der Waals surface area contributed by atoms with Crippen LogP contribution in [0.2, 0.25) is 0 Å². The quantitative estimate of drug-likeness (QED) is 0.819. The summed E-state index contributed by atoms with van der Waals surface area (Å²) < 4.78 is 15.5. The van der Waals surface area contributed by atoms with Crippen LogP contribution in [0, 0.1) is 0 Å². The van der Waals surface area contributed by atoms with Crippen LogP contribution in [0.1, 0.15) is 19.4 Å². The van der Waals surface area contributed by atoms with Gasteiger partial charge in [0, 0.05) is 13.7 Å². The first-order chi connectivity index (χ1) is 9.05. The standard InChI is InChI=1S/C14H19NO4/c1-14(2,13(16)15-6-7-17-3)10-4-5-11-12(8-10)19-9-18-11/h4-5,8H,6-7,9H2,1-3H3,(H,15,16). The Morgan fingerprint density at radius 3 is 2.84 bits per heavy atom. The second-order valence-corrected chi connectivity index (χ2v) is 4.94. The molecule has 0 fully saturated rings. The Bertz CT molecular complexity index is 471. The molecule has 0 spiro atoms. The SMILES string of the molecule is COCCNC(=O)C(C)(C)c1ccc2c(c1)OCO2. The molecule has 5 nitrogen and oxygen atoms in total. The number of amides is 1. The van der Waals surface area contributed by atoms with Crippen LogP contribution in [-0.4, -0.2) is 33.0 Å². The zero-order valence-electron chi connectivity index (χ0n) is 11.5. The van der Waals surface area contributed by atoms with Gasteiger partial charge in [-0.2, -0.15) is 0 Å². The molecule has 0 aromatic heterocycles. The molecule has 0 radical (unpaired) electrons. The highest BCUT2D eigenvalue weighted by molar-refractivity contribution is 5.87. The maximum Gasteiger partial charge on any atom is 0.231 e. The Balaban J connectivity index is 2.12. The average Bonchev–Trinajstić information content (AvgIpc) is 2.85. The van der Waals surface area contributed by atoms with Crippen LogP contribution >= 0.6 is 0 Å². The highest BCUT2D eigenvalue weighted by atomic mass is 16.7. The van der Waals surface area contributed by atoms with Crippen LogP contribution in [0.15, 0.2) is 18.2 Å². The van der Waals surface area contributed by atoms with E-state index in [2.05, 4.69) is 5.32 Å². The maximum absolute atomic E-state index is 12.2. The van der Waals surface area contributed by atoms with E-state index in [1.165, 1.54) is 0 Å². The van der Waals surface area contributed by atoms with Crippen LogP contribution in [0.5, 0.6) is 11.5 Å². The molecule has 104 valence electrons. The number of hydrogen-bond donors (Lipinski definition) is 1. The molecular weight excluding hydrogens is 246 g/mol. The lowest BCUT2D eigenvalue weighted by molar-refractivity contribution is -0.125. The maximum atomic E-state index is 12.2. The van der Waals surface area contributed by atoms with Gasteiger partial charge in [-0.1, -0.05) is 6.07 Å². The minimum absolute atomic E-state index is 0.0385. The molecule has 5 heteroatoms. The lowest BCUT2D eigenvalue weighted by Crippen LogP contribution is -2.41. The minimum atomic E-state index is -0.630. The molecule has 0 atom stereocenters. The number of rotatable bonds is 5. The molecule has 1 amide bonds. The average molecular weight is 265 g/mol. The molecule has 1 aliphatic rings. The first-order valence-electron chi connectivity index (χ1n) is 6.23. The molecule has 0 saturated heterocycles. The number of benzene rings is 1. The third kappa shape index (κ3) is 2.81. The van der Waals surface area contributed by atoms with Crippen molar-refractivity contribution in [3.63, 3.8) is 0 Å². The van der Waals surface area contributed by atoms with Crippen LogP contribution in [0.25, 0.3) is 0 Å². The Morgan fingerprint density at radius 2 is 2.11 bits per heavy atom. The van der Waals surface area contributed by atoms with Gasteiger partial charge in [-0.05, 0) is 31.5 Å². The molecule has 0 bridgehead atoms. The molecule has 0 aliphatic carbocycles. The van der Waals surface area contributed by atoms with E-state index in [9.17, 15) is 4.79 Å². The molecule has 0 saturated carbocycles. The van der Waals surface area contributed by atoms with Gasteiger partial charge in [0.2, 0.25) is 12.7 Å². The van der Waals surface area contributed by atoms with Crippen molar-refractivity contribution in [1.29, 1.82) is 0 Å².